The first kappa shape index (κ1) is 31.3. The molecule has 2 aliphatic heterocycles. The molecule has 43 heavy (non-hydrogen) atoms. The molecule has 5 rings (SSSR count). The molecule has 0 bridgehead atoms. The molecule has 1 unspecified atom stereocenters. The second kappa shape index (κ2) is 14.5. The third-order valence-corrected chi connectivity index (χ3v) is 9.44. The lowest BCUT2D eigenvalue weighted by molar-refractivity contribution is -0.120. The van der Waals surface area contributed by atoms with Crippen LogP contribution in [-0.4, -0.2) is 42.6 Å². The van der Waals surface area contributed by atoms with Crippen molar-refractivity contribution in [3.05, 3.63) is 94.3 Å². The molecule has 2 heterocycles. The monoisotopic (exact) mass is 584 g/mol. The third kappa shape index (κ3) is 7.32. The fourth-order valence-corrected chi connectivity index (χ4v) is 7.27. The number of carbonyl (C=O) groups is 1. The largest absolute Gasteiger partial charge is 0.493 e. The number of amides is 1. The van der Waals surface area contributed by atoms with Crippen LogP contribution in [-0.2, 0) is 24.1 Å². The van der Waals surface area contributed by atoms with Crippen LogP contribution in [0.25, 0.3) is 0 Å². The molecule has 0 aliphatic carbocycles. The summed E-state index contributed by atoms with van der Waals surface area (Å²) < 4.78 is 20.1. The van der Waals surface area contributed by atoms with Crippen LogP contribution in [0.3, 0.4) is 0 Å². The molecule has 230 valence electrons. The minimum atomic E-state index is -0.230. The minimum absolute atomic E-state index is 0.103. The second-order valence-corrected chi connectivity index (χ2v) is 12.6. The molecule has 0 N–H and O–H groups in total. The van der Waals surface area contributed by atoms with Gasteiger partial charge in [0.15, 0.2) is 0 Å². The Morgan fingerprint density at radius 2 is 1.77 bits per heavy atom. The summed E-state index contributed by atoms with van der Waals surface area (Å²) in [4.78, 5) is 18.9. The van der Waals surface area contributed by atoms with Crippen LogP contribution in [0.2, 0.25) is 0 Å². The lowest BCUT2D eigenvalue weighted by Gasteiger charge is -2.35. The highest BCUT2D eigenvalue weighted by Gasteiger charge is 2.36. The van der Waals surface area contributed by atoms with Crippen LogP contribution in [0.4, 0.5) is 10.1 Å². The number of hydrogen-bond donors (Lipinski definition) is 0. The minimum Gasteiger partial charge on any atom is -0.493 e. The van der Waals surface area contributed by atoms with Crippen molar-refractivity contribution in [2.24, 2.45) is 0 Å². The predicted molar refractivity (Wildman–Crippen MR) is 175 cm³/mol. The first-order valence-electron chi connectivity index (χ1n) is 16.6. The van der Waals surface area contributed by atoms with Crippen LogP contribution < -0.4 is 9.64 Å². The molecule has 0 radical (unpaired) electrons. The van der Waals surface area contributed by atoms with E-state index in [1.807, 2.05) is 11.0 Å². The molecule has 2 aliphatic rings. The van der Waals surface area contributed by atoms with Gasteiger partial charge in [-0.25, -0.2) is 4.39 Å². The summed E-state index contributed by atoms with van der Waals surface area (Å²) in [6, 6.07) is 21.1. The Bertz CT molecular complexity index is 1380. The number of carbonyl (C=O) groups excluding carboxylic acids is 1. The molecule has 5 heteroatoms. The van der Waals surface area contributed by atoms with Crippen LogP contribution >= 0.6 is 0 Å². The first-order chi connectivity index (χ1) is 20.9. The van der Waals surface area contributed by atoms with E-state index in [1.54, 1.807) is 13.0 Å². The van der Waals surface area contributed by atoms with Gasteiger partial charge >= 0.3 is 0 Å². The van der Waals surface area contributed by atoms with Crippen molar-refractivity contribution in [2.45, 2.75) is 103 Å². The zero-order valence-electron chi connectivity index (χ0n) is 26.6. The standard InChI is InChI=1S/C38H49FN2O2/c1-5-10-28-13-8-9-14-29(28)23-35-24-32(30-15-18-37-31(22-30)19-20-43-37)25-40(35)26-38(42)41(33(11-6-2)12-7-3)34-16-17-36(39)27(4)21-34/h8-9,13-18,21-22,32-33,35H,5-7,10-12,19-20,23-26H2,1-4H3/t32?,35-/m0/s1. The number of benzene rings is 3. The SMILES string of the molecule is CCCc1ccccc1C[C@H]1CC(c2ccc3c(c2)CCO3)CN1CC(=O)N(c1ccc(F)c(C)c1)C(CCC)CCC. The van der Waals surface area contributed by atoms with E-state index < -0.39 is 0 Å². The maximum Gasteiger partial charge on any atom is 0.241 e. The molecule has 4 nitrogen and oxygen atoms in total. The van der Waals surface area contributed by atoms with Crippen molar-refractivity contribution < 1.29 is 13.9 Å². The molecular weight excluding hydrogens is 535 g/mol. The van der Waals surface area contributed by atoms with E-state index in [9.17, 15) is 9.18 Å². The summed E-state index contributed by atoms with van der Waals surface area (Å²) in [6.45, 7) is 10.4. The van der Waals surface area contributed by atoms with E-state index in [2.05, 4.69) is 68.1 Å². The third-order valence-electron chi connectivity index (χ3n) is 9.44. The highest BCUT2D eigenvalue weighted by molar-refractivity contribution is 5.95. The smallest absolute Gasteiger partial charge is 0.241 e. The topological polar surface area (TPSA) is 32.8 Å². The van der Waals surface area contributed by atoms with E-state index in [0.29, 0.717) is 18.0 Å². The fourth-order valence-electron chi connectivity index (χ4n) is 7.27. The number of nitrogens with zero attached hydrogens (tertiary/aromatic N) is 2. The number of aryl methyl sites for hydroxylation is 2. The summed E-state index contributed by atoms with van der Waals surface area (Å²) in [5.41, 5.74) is 6.87. The van der Waals surface area contributed by atoms with Crippen LogP contribution in [0.15, 0.2) is 60.7 Å². The van der Waals surface area contributed by atoms with Crippen molar-refractivity contribution in [2.75, 3.05) is 24.6 Å². The Kier molecular flexibility index (Phi) is 10.6. The number of ether oxygens (including phenoxy) is 1. The van der Waals surface area contributed by atoms with Gasteiger partial charge in [-0.15, -0.1) is 0 Å². The van der Waals surface area contributed by atoms with E-state index in [0.717, 1.165) is 82.4 Å². The van der Waals surface area contributed by atoms with Crippen LogP contribution in [0.5, 0.6) is 5.75 Å². The molecule has 1 saturated heterocycles. The maximum absolute atomic E-state index is 14.4. The summed E-state index contributed by atoms with van der Waals surface area (Å²) in [6.07, 6.45) is 8.99. The molecular formula is C38H49FN2O2. The Balaban J connectivity index is 1.45. The Hall–Kier alpha value is -3.18. The number of halogens is 1. The van der Waals surface area contributed by atoms with Gasteiger partial charge in [-0.3, -0.25) is 9.69 Å². The lowest BCUT2D eigenvalue weighted by atomic mass is 9.91. The van der Waals surface area contributed by atoms with Gasteiger partial charge in [-0.1, -0.05) is 76.4 Å². The number of rotatable bonds is 13. The molecule has 1 amide bonds. The van der Waals surface area contributed by atoms with Gasteiger partial charge in [0.25, 0.3) is 0 Å². The van der Waals surface area contributed by atoms with Gasteiger partial charge in [-0.2, -0.15) is 0 Å². The normalized spacial score (nSPS) is 18.2. The van der Waals surface area contributed by atoms with Crippen LogP contribution in [0, 0.1) is 12.7 Å². The van der Waals surface area contributed by atoms with Crippen molar-refractivity contribution in [1.82, 2.24) is 4.90 Å². The average molecular weight is 585 g/mol. The summed E-state index contributed by atoms with van der Waals surface area (Å²) in [5, 5.41) is 0. The highest BCUT2D eigenvalue weighted by atomic mass is 19.1. The highest BCUT2D eigenvalue weighted by Crippen LogP contribution is 2.37. The maximum atomic E-state index is 14.4. The van der Waals surface area contributed by atoms with Crippen LogP contribution in [0.1, 0.15) is 93.0 Å². The van der Waals surface area contributed by atoms with Gasteiger partial charge < -0.3 is 9.64 Å². The zero-order valence-corrected chi connectivity index (χ0v) is 26.6. The zero-order chi connectivity index (χ0) is 30.3. The predicted octanol–water partition coefficient (Wildman–Crippen LogP) is 8.42. The van der Waals surface area contributed by atoms with Gasteiger partial charge in [0.1, 0.15) is 11.6 Å². The molecule has 3 aromatic carbocycles. The second-order valence-electron chi connectivity index (χ2n) is 12.6. The van der Waals surface area contributed by atoms with E-state index in [-0.39, 0.29) is 23.8 Å². The summed E-state index contributed by atoms with van der Waals surface area (Å²) >= 11 is 0. The Labute approximate surface area is 258 Å². The first-order valence-corrected chi connectivity index (χ1v) is 16.6. The molecule has 1 fully saturated rings. The van der Waals surface area contributed by atoms with Crippen molar-refractivity contribution in [3.63, 3.8) is 0 Å². The number of likely N-dealkylation sites (tertiary alicyclic amines) is 1. The molecule has 2 atom stereocenters. The van der Waals surface area contributed by atoms with E-state index in [4.69, 9.17) is 4.74 Å². The van der Waals surface area contributed by atoms with Crippen molar-refractivity contribution in [3.8, 4) is 5.75 Å². The van der Waals surface area contributed by atoms with Crippen molar-refractivity contribution in [1.29, 1.82) is 0 Å². The molecule has 3 aromatic rings. The molecule has 0 saturated carbocycles. The van der Waals surface area contributed by atoms with Gasteiger partial charge in [0, 0.05) is 30.7 Å². The van der Waals surface area contributed by atoms with Crippen molar-refractivity contribution >= 4 is 11.6 Å². The number of anilines is 1. The van der Waals surface area contributed by atoms with Gasteiger partial charge in [0.05, 0.1) is 13.2 Å². The fraction of sp³-hybridized carbons (Fsp3) is 0.500. The van der Waals surface area contributed by atoms with Gasteiger partial charge in [0.2, 0.25) is 5.91 Å². The average Bonchev–Trinajstić information content (AvgIpc) is 3.63. The quantitative estimate of drug-likeness (QED) is 0.202. The van der Waals surface area contributed by atoms with Gasteiger partial charge in [-0.05, 0) is 97.0 Å². The number of fused-ring (bicyclic) bond motifs is 1. The molecule has 0 aromatic heterocycles. The number of hydrogen-bond acceptors (Lipinski definition) is 3. The Morgan fingerprint density at radius 3 is 2.49 bits per heavy atom. The summed E-state index contributed by atoms with van der Waals surface area (Å²) in [5.74, 6) is 1.27. The Morgan fingerprint density at radius 1 is 1.00 bits per heavy atom. The summed E-state index contributed by atoms with van der Waals surface area (Å²) in [7, 11) is 0. The molecule has 0 spiro atoms. The van der Waals surface area contributed by atoms with E-state index >= 15 is 0 Å². The van der Waals surface area contributed by atoms with E-state index in [1.165, 1.54) is 28.3 Å². The lowest BCUT2D eigenvalue weighted by Crippen LogP contribution is -2.47.